The summed E-state index contributed by atoms with van der Waals surface area (Å²) in [5, 5.41) is 23.0. The van der Waals surface area contributed by atoms with Gasteiger partial charge < -0.3 is 43.4 Å². The van der Waals surface area contributed by atoms with Gasteiger partial charge in [-0.2, -0.15) is 0 Å². The van der Waals surface area contributed by atoms with Crippen LogP contribution in [0.4, 0.5) is 0 Å². The van der Waals surface area contributed by atoms with Crippen molar-refractivity contribution in [2.45, 2.75) is 114 Å². The Morgan fingerprint density at radius 3 is 2.36 bits per heavy atom. The van der Waals surface area contributed by atoms with Crippen molar-refractivity contribution < 1.29 is 48.2 Å². The van der Waals surface area contributed by atoms with E-state index in [4.69, 9.17) is 33.2 Å². The SMILES string of the molecule is COC1C(C)OC(OC2CC3OC(O)(C2)C(C)C(=O)OC(C=CC=CBr)CC(C)C=CCC(O)C3C)C(OC)C1OC. The summed E-state index contributed by atoms with van der Waals surface area (Å²) >= 11 is 3.24. The molecule has 0 spiro atoms. The van der Waals surface area contributed by atoms with Gasteiger partial charge in [-0.3, -0.25) is 4.79 Å². The summed E-state index contributed by atoms with van der Waals surface area (Å²) in [7, 11) is 4.73. The molecule has 0 aromatic heterocycles. The molecule has 3 aliphatic rings. The summed E-state index contributed by atoms with van der Waals surface area (Å²) in [4.78, 5) is 15.2. The molecule has 13 unspecified atom stereocenters. The second-order valence-corrected chi connectivity index (χ2v) is 12.2. The van der Waals surface area contributed by atoms with Crippen LogP contribution in [-0.2, 0) is 38.0 Å². The van der Waals surface area contributed by atoms with E-state index >= 15 is 0 Å². The van der Waals surface area contributed by atoms with E-state index in [-0.39, 0.29) is 30.5 Å². The number of hydrogen-bond donors (Lipinski definition) is 2. The number of aliphatic hydroxyl groups is 2. The Kier molecular flexibility index (Phi) is 13.7. The van der Waals surface area contributed by atoms with E-state index in [9.17, 15) is 15.0 Å². The van der Waals surface area contributed by atoms with Crippen molar-refractivity contribution in [1.29, 1.82) is 0 Å². The number of rotatable bonds is 7. The first-order valence-corrected chi connectivity index (χ1v) is 15.7. The summed E-state index contributed by atoms with van der Waals surface area (Å²) < 4.78 is 41.9. The first-order valence-electron chi connectivity index (χ1n) is 14.8. The number of fused-ring (bicyclic) bond motifs is 2. The molecule has 0 saturated carbocycles. The predicted molar refractivity (Wildman–Crippen MR) is 160 cm³/mol. The van der Waals surface area contributed by atoms with E-state index in [0.717, 1.165) is 0 Å². The van der Waals surface area contributed by atoms with Gasteiger partial charge >= 0.3 is 5.97 Å². The Morgan fingerprint density at radius 2 is 1.71 bits per heavy atom. The highest BCUT2D eigenvalue weighted by Crippen LogP contribution is 2.40. The standard InChI is InChI=1S/C31H49BrO10/c1-18-11-10-13-24(33)19(2)25-16-23(41-30-28(38-7)27(37-6)26(36-5)21(4)39-30)17-31(35,42-25)20(3)29(34)40-22(15-18)12-8-9-14-32/h8-12,14,18-28,30,33,35H,13,15-17H2,1-7H3. The van der Waals surface area contributed by atoms with Gasteiger partial charge in [0, 0.05) is 40.1 Å². The van der Waals surface area contributed by atoms with Crippen molar-refractivity contribution in [2.75, 3.05) is 21.3 Å². The summed E-state index contributed by atoms with van der Waals surface area (Å²) in [6.45, 7) is 7.38. The number of aliphatic hydroxyl groups excluding tert-OH is 1. The van der Waals surface area contributed by atoms with Crippen molar-refractivity contribution in [3.8, 4) is 0 Å². The van der Waals surface area contributed by atoms with Crippen molar-refractivity contribution in [2.24, 2.45) is 17.8 Å². The lowest BCUT2D eigenvalue weighted by molar-refractivity contribution is -0.348. The molecule has 42 heavy (non-hydrogen) atoms. The molecule has 2 bridgehead atoms. The largest absolute Gasteiger partial charge is 0.458 e. The summed E-state index contributed by atoms with van der Waals surface area (Å²) in [5.41, 5.74) is 0. The molecule has 3 heterocycles. The molecular weight excluding hydrogens is 612 g/mol. The van der Waals surface area contributed by atoms with Crippen LogP contribution in [0.1, 0.15) is 53.4 Å². The number of allylic oxidation sites excluding steroid dienone is 3. The van der Waals surface area contributed by atoms with Gasteiger partial charge in [-0.25, -0.2) is 0 Å². The van der Waals surface area contributed by atoms with E-state index in [2.05, 4.69) is 15.9 Å². The molecule has 0 aliphatic carbocycles. The van der Waals surface area contributed by atoms with Crippen LogP contribution in [0.25, 0.3) is 0 Å². The van der Waals surface area contributed by atoms with E-state index < -0.39 is 60.6 Å². The lowest BCUT2D eigenvalue weighted by Crippen LogP contribution is -2.61. The normalized spacial score (nSPS) is 44.3. The van der Waals surface area contributed by atoms with E-state index in [1.54, 1.807) is 45.4 Å². The second-order valence-electron chi connectivity index (χ2n) is 11.7. The zero-order valence-corrected chi connectivity index (χ0v) is 27.3. The molecule has 2 saturated heterocycles. The monoisotopic (exact) mass is 660 g/mol. The molecular formula is C31H49BrO10. The summed E-state index contributed by atoms with van der Waals surface area (Å²) in [5.74, 6) is -3.81. The van der Waals surface area contributed by atoms with Crippen molar-refractivity contribution in [3.63, 3.8) is 0 Å². The molecule has 13 atom stereocenters. The Morgan fingerprint density at radius 1 is 1.02 bits per heavy atom. The average Bonchev–Trinajstić information content (AvgIpc) is 2.95. The van der Waals surface area contributed by atoms with Gasteiger partial charge in [0.05, 0.1) is 24.4 Å². The highest BCUT2D eigenvalue weighted by molar-refractivity contribution is 9.11. The Balaban J connectivity index is 1.92. The first-order chi connectivity index (χ1) is 20.0. The summed E-state index contributed by atoms with van der Waals surface area (Å²) in [6.07, 6.45) is 5.59. The van der Waals surface area contributed by atoms with Crippen LogP contribution in [0, 0.1) is 17.8 Å². The smallest absolute Gasteiger partial charge is 0.314 e. The third-order valence-electron chi connectivity index (χ3n) is 8.69. The maximum atomic E-state index is 13.5. The highest BCUT2D eigenvalue weighted by Gasteiger charge is 2.52. The number of esters is 1. The molecule has 0 aromatic rings. The third-order valence-corrected chi connectivity index (χ3v) is 8.99. The lowest BCUT2D eigenvalue weighted by atomic mass is 9.83. The Bertz CT molecular complexity index is 943. The average molecular weight is 662 g/mol. The van der Waals surface area contributed by atoms with Gasteiger partial charge in [0.2, 0.25) is 0 Å². The van der Waals surface area contributed by atoms with Gasteiger partial charge in [0.1, 0.15) is 30.3 Å². The minimum absolute atomic E-state index is 0.0122. The van der Waals surface area contributed by atoms with Crippen molar-refractivity contribution >= 4 is 21.9 Å². The second kappa shape index (κ2) is 16.2. The zero-order chi connectivity index (χ0) is 31.0. The maximum absolute atomic E-state index is 13.5. The highest BCUT2D eigenvalue weighted by atomic mass is 79.9. The molecule has 0 aromatic carbocycles. The van der Waals surface area contributed by atoms with Crippen LogP contribution in [0.2, 0.25) is 0 Å². The summed E-state index contributed by atoms with van der Waals surface area (Å²) in [6, 6.07) is 0. The fourth-order valence-electron chi connectivity index (χ4n) is 6.03. The molecule has 3 aliphatic heterocycles. The van der Waals surface area contributed by atoms with Crippen molar-refractivity contribution in [1.82, 2.24) is 0 Å². The van der Waals surface area contributed by atoms with E-state index in [1.165, 1.54) is 0 Å². The quantitative estimate of drug-likeness (QED) is 0.235. The minimum atomic E-state index is -1.91. The molecule has 11 heteroatoms. The lowest BCUT2D eigenvalue weighted by Gasteiger charge is -2.48. The van der Waals surface area contributed by atoms with E-state index in [0.29, 0.717) is 19.3 Å². The number of hydrogen-bond acceptors (Lipinski definition) is 10. The number of carbonyl (C=O) groups is 1. The number of cyclic esters (lactones) is 1. The van der Waals surface area contributed by atoms with Gasteiger partial charge in [0.25, 0.3) is 0 Å². The Labute approximate surface area is 258 Å². The number of carbonyl (C=O) groups excluding carboxylic acids is 1. The molecule has 10 nitrogen and oxygen atoms in total. The van der Waals surface area contributed by atoms with Crippen LogP contribution < -0.4 is 0 Å². The molecule has 2 fully saturated rings. The van der Waals surface area contributed by atoms with Gasteiger partial charge in [-0.15, -0.1) is 0 Å². The zero-order valence-electron chi connectivity index (χ0n) is 25.8. The number of methoxy groups -OCH3 is 3. The van der Waals surface area contributed by atoms with Gasteiger partial charge in [-0.1, -0.05) is 54.1 Å². The van der Waals surface area contributed by atoms with Crippen LogP contribution in [0.15, 0.2) is 35.4 Å². The molecule has 0 amide bonds. The predicted octanol–water partition coefficient (Wildman–Crippen LogP) is 4.02. The third kappa shape index (κ3) is 8.73. The van der Waals surface area contributed by atoms with Gasteiger partial charge in [-0.05, 0) is 43.7 Å². The van der Waals surface area contributed by atoms with Crippen LogP contribution >= 0.6 is 15.9 Å². The van der Waals surface area contributed by atoms with Gasteiger partial charge in [0.15, 0.2) is 12.1 Å². The topological polar surface area (TPSA) is 122 Å². The fraction of sp³-hybridized carbons (Fsp3) is 0.774. The minimum Gasteiger partial charge on any atom is -0.458 e. The van der Waals surface area contributed by atoms with Crippen LogP contribution in [0.3, 0.4) is 0 Å². The molecule has 240 valence electrons. The maximum Gasteiger partial charge on any atom is 0.314 e. The van der Waals surface area contributed by atoms with Crippen molar-refractivity contribution in [3.05, 3.63) is 35.4 Å². The molecule has 0 radical (unpaired) electrons. The Hall–Kier alpha value is -1.15. The van der Waals surface area contributed by atoms with Crippen LogP contribution in [-0.4, -0.2) is 98.4 Å². The van der Waals surface area contributed by atoms with E-state index in [1.807, 2.05) is 39.0 Å². The number of halogens is 1. The first kappa shape index (κ1) is 35.3. The molecule has 2 N–H and O–H groups in total. The number of ether oxygens (including phenoxy) is 7. The molecule has 3 rings (SSSR count). The van der Waals surface area contributed by atoms with Crippen LogP contribution in [0.5, 0.6) is 0 Å². The fourth-order valence-corrected chi connectivity index (χ4v) is 6.21.